The summed E-state index contributed by atoms with van der Waals surface area (Å²) in [5.41, 5.74) is 1.37. The molecule has 27 heavy (non-hydrogen) atoms. The standard InChI is InChI=1S/C19H18IN3O3S/c1-23-17(24)11-16(18(25)21-14-4-3-5-15(10-14)26-2)27-19(23)22-13-8-6-12(20)7-9-13/h3-10,16H,11H2,1-2H3,(H,21,25)/t16-/m1/s1. The molecule has 140 valence electrons. The van der Waals surface area contributed by atoms with Crippen LogP contribution in [-0.2, 0) is 9.59 Å². The van der Waals surface area contributed by atoms with Gasteiger partial charge in [-0.15, -0.1) is 0 Å². The largest absolute Gasteiger partial charge is 0.497 e. The molecule has 0 spiro atoms. The number of amides is 2. The van der Waals surface area contributed by atoms with Gasteiger partial charge in [0.05, 0.1) is 12.8 Å². The molecule has 1 N–H and O–H groups in total. The monoisotopic (exact) mass is 495 g/mol. The minimum atomic E-state index is -0.539. The number of rotatable bonds is 4. The summed E-state index contributed by atoms with van der Waals surface area (Å²) in [5.74, 6) is 0.287. The number of anilines is 1. The second-order valence-corrected chi connectivity index (χ2v) is 8.27. The van der Waals surface area contributed by atoms with Crippen molar-refractivity contribution >= 4 is 62.7 Å². The predicted molar refractivity (Wildman–Crippen MR) is 117 cm³/mol. The van der Waals surface area contributed by atoms with Gasteiger partial charge in [0.1, 0.15) is 11.0 Å². The highest BCUT2D eigenvalue weighted by Crippen LogP contribution is 2.29. The van der Waals surface area contributed by atoms with Crippen LogP contribution in [-0.4, -0.2) is 41.3 Å². The van der Waals surface area contributed by atoms with Gasteiger partial charge in [0.25, 0.3) is 0 Å². The third-order valence-corrected chi connectivity index (χ3v) is 5.91. The van der Waals surface area contributed by atoms with Crippen LogP contribution in [0.15, 0.2) is 53.5 Å². The van der Waals surface area contributed by atoms with E-state index in [9.17, 15) is 9.59 Å². The Balaban J connectivity index is 1.76. The fraction of sp³-hybridized carbons (Fsp3) is 0.211. The van der Waals surface area contributed by atoms with Crippen LogP contribution in [0, 0.1) is 3.57 Å². The number of hydrogen-bond donors (Lipinski definition) is 1. The summed E-state index contributed by atoms with van der Waals surface area (Å²) >= 11 is 3.51. The van der Waals surface area contributed by atoms with Gasteiger partial charge < -0.3 is 10.1 Å². The summed E-state index contributed by atoms with van der Waals surface area (Å²) in [5, 5.41) is 2.82. The van der Waals surface area contributed by atoms with Crippen LogP contribution in [0.2, 0.25) is 0 Å². The first-order valence-electron chi connectivity index (χ1n) is 8.18. The average Bonchev–Trinajstić information content (AvgIpc) is 2.67. The molecule has 6 nitrogen and oxygen atoms in total. The lowest BCUT2D eigenvalue weighted by Crippen LogP contribution is -2.43. The van der Waals surface area contributed by atoms with Crippen LogP contribution < -0.4 is 10.1 Å². The summed E-state index contributed by atoms with van der Waals surface area (Å²) in [7, 11) is 3.25. The van der Waals surface area contributed by atoms with Crippen molar-refractivity contribution in [3.8, 4) is 5.75 Å². The molecular weight excluding hydrogens is 477 g/mol. The van der Waals surface area contributed by atoms with Gasteiger partial charge >= 0.3 is 0 Å². The van der Waals surface area contributed by atoms with Crippen LogP contribution in [0.1, 0.15) is 6.42 Å². The SMILES string of the molecule is COc1cccc(NC(=O)[C@H]2CC(=O)N(C)C(=Nc3ccc(I)cc3)S2)c1. The second-order valence-electron chi connectivity index (χ2n) is 5.86. The van der Waals surface area contributed by atoms with E-state index in [-0.39, 0.29) is 18.2 Å². The van der Waals surface area contributed by atoms with Crippen molar-refractivity contribution in [1.82, 2.24) is 4.90 Å². The van der Waals surface area contributed by atoms with Gasteiger partial charge in [-0.3, -0.25) is 14.5 Å². The molecule has 0 saturated carbocycles. The predicted octanol–water partition coefficient (Wildman–Crippen LogP) is 3.89. The summed E-state index contributed by atoms with van der Waals surface area (Å²) < 4.78 is 6.27. The molecule has 1 heterocycles. The van der Waals surface area contributed by atoms with E-state index in [2.05, 4.69) is 32.9 Å². The molecule has 0 radical (unpaired) electrons. The number of carbonyl (C=O) groups excluding carboxylic acids is 2. The van der Waals surface area contributed by atoms with Gasteiger partial charge in [-0.25, -0.2) is 4.99 Å². The smallest absolute Gasteiger partial charge is 0.238 e. The molecule has 1 atom stereocenters. The Morgan fingerprint density at radius 2 is 2.04 bits per heavy atom. The van der Waals surface area contributed by atoms with Gasteiger partial charge in [-0.1, -0.05) is 17.8 Å². The zero-order valence-electron chi connectivity index (χ0n) is 14.8. The van der Waals surface area contributed by atoms with E-state index in [4.69, 9.17) is 4.74 Å². The molecule has 0 unspecified atom stereocenters. The maximum Gasteiger partial charge on any atom is 0.238 e. The Labute approximate surface area is 175 Å². The number of aliphatic imine (C=N–C) groups is 1. The maximum atomic E-state index is 12.7. The minimum absolute atomic E-state index is 0.128. The molecule has 2 aromatic rings. The molecule has 1 saturated heterocycles. The summed E-state index contributed by atoms with van der Waals surface area (Å²) in [4.78, 5) is 31.0. The van der Waals surface area contributed by atoms with Gasteiger partial charge in [0, 0.05) is 28.8 Å². The molecule has 0 bridgehead atoms. The number of amidine groups is 1. The molecule has 1 fully saturated rings. The first-order chi connectivity index (χ1) is 13.0. The highest BCUT2D eigenvalue weighted by Gasteiger charge is 2.34. The number of thioether (sulfide) groups is 1. The van der Waals surface area contributed by atoms with Crippen molar-refractivity contribution in [3.63, 3.8) is 0 Å². The van der Waals surface area contributed by atoms with E-state index < -0.39 is 5.25 Å². The van der Waals surface area contributed by atoms with Crippen molar-refractivity contribution < 1.29 is 14.3 Å². The van der Waals surface area contributed by atoms with E-state index in [0.29, 0.717) is 16.6 Å². The number of nitrogens with one attached hydrogen (secondary N) is 1. The molecule has 0 aromatic heterocycles. The first kappa shape index (κ1) is 19.7. The molecule has 1 aliphatic heterocycles. The topological polar surface area (TPSA) is 71.0 Å². The first-order valence-corrected chi connectivity index (χ1v) is 10.1. The minimum Gasteiger partial charge on any atom is -0.497 e. The van der Waals surface area contributed by atoms with Gasteiger partial charge in [-0.2, -0.15) is 0 Å². The fourth-order valence-electron chi connectivity index (χ4n) is 2.45. The van der Waals surface area contributed by atoms with E-state index >= 15 is 0 Å². The van der Waals surface area contributed by atoms with Gasteiger partial charge in [-0.05, 0) is 59.0 Å². The maximum absolute atomic E-state index is 12.7. The zero-order valence-corrected chi connectivity index (χ0v) is 17.8. The normalized spacial score (nSPS) is 18.5. The Kier molecular flexibility index (Phi) is 6.38. The highest BCUT2D eigenvalue weighted by molar-refractivity contribution is 14.1. The Hall–Kier alpha value is -2.07. The number of ether oxygens (including phenoxy) is 1. The summed E-state index contributed by atoms with van der Waals surface area (Å²) in [6, 6.07) is 14.8. The molecular formula is C19H18IN3O3S. The van der Waals surface area contributed by atoms with Crippen molar-refractivity contribution in [2.24, 2.45) is 4.99 Å². The number of halogens is 1. The lowest BCUT2D eigenvalue weighted by atomic mass is 10.2. The van der Waals surface area contributed by atoms with Crippen molar-refractivity contribution in [3.05, 3.63) is 52.1 Å². The second kappa shape index (κ2) is 8.75. The molecule has 3 rings (SSSR count). The quantitative estimate of drug-likeness (QED) is 0.654. The average molecular weight is 495 g/mol. The number of nitrogens with zero attached hydrogens (tertiary/aromatic N) is 2. The van der Waals surface area contributed by atoms with Crippen LogP contribution in [0.4, 0.5) is 11.4 Å². The Bertz CT molecular complexity index is 886. The zero-order chi connectivity index (χ0) is 19.4. The fourth-order valence-corrected chi connectivity index (χ4v) is 3.87. The highest BCUT2D eigenvalue weighted by atomic mass is 127. The molecule has 2 amide bonds. The molecule has 8 heteroatoms. The molecule has 2 aromatic carbocycles. The Morgan fingerprint density at radius 1 is 1.30 bits per heavy atom. The van der Waals surface area contributed by atoms with Crippen LogP contribution >= 0.6 is 34.4 Å². The van der Waals surface area contributed by atoms with E-state index in [1.165, 1.54) is 16.7 Å². The molecule has 0 aliphatic carbocycles. The van der Waals surface area contributed by atoms with Crippen LogP contribution in [0.25, 0.3) is 0 Å². The van der Waals surface area contributed by atoms with Crippen molar-refractivity contribution in [2.75, 3.05) is 19.5 Å². The van der Waals surface area contributed by atoms with Gasteiger partial charge in [0.15, 0.2) is 5.17 Å². The van der Waals surface area contributed by atoms with E-state index in [1.54, 1.807) is 38.4 Å². The summed E-state index contributed by atoms with van der Waals surface area (Å²) in [6.07, 6.45) is 0.128. The van der Waals surface area contributed by atoms with E-state index in [1.807, 2.05) is 24.3 Å². The van der Waals surface area contributed by atoms with Crippen LogP contribution in [0.3, 0.4) is 0 Å². The van der Waals surface area contributed by atoms with Crippen molar-refractivity contribution in [1.29, 1.82) is 0 Å². The lowest BCUT2D eigenvalue weighted by Gasteiger charge is -2.28. The summed E-state index contributed by atoms with van der Waals surface area (Å²) in [6.45, 7) is 0. The third kappa shape index (κ3) is 5.01. The number of carbonyl (C=O) groups is 2. The Morgan fingerprint density at radius 3 is 2.74 bits per heavy atom. The number of methoxy groups -OCH3 is 1. The number of benzene rings is 2. The molecule has 1 aliphatic rings. The van der Waals surface area contributed by atoms with Gasteiger partial charge in [0.2, 0.25) is 11.8 Å². The number of hydrogen-bond acceptors (Lipinski definition) is 5. The van der Waals surface area contributed by atoms with Crippen LogP contribution in [0.5, 0.6) is 5.75 Å². The third-order valence-electron chi connectivity index (χ3n) is 3.95. The lowest BCUT2D eigenvalue weighted by molar-refractivity contribution is -0.128. The van der Waals surface area contributed by atoms with Crippen molar-refractivity contribution in [2.45, 2.75) is 11.7 Å². The van der Waals surface area contributed by atoms with E-state index in [0.717, 1.165) is 9.26 Å².